The van der Waals surface area contributed by atoms with Crippen molar-refractivity contribution >= 4 is 28.4 Å². The maximum Gasteiger partial charge on any atom is 0.227 e. The predicted molar refractivity (Wildman–Crippen MR) is 111 cm³/mol. The van der Waals surface area contributed by atoms with Crippen LogP contribution in [0.15, 0.2) is 48.8 Å². The third-order valence-electron chi connectivity index (χ3n) is 5.16. The molecule has 2 amide bonds. The molecule has 4 rings (SSSR count). The van der Waals surface area contributed by atoms with E-state index in [0.717, 1.165) is 29.3 Å². The number of benzene rings is 1. The minimum atomic E-state index is -0.134. The Morgan fingerprint density at radius 2 is 2.00 bits per heavy atom. The van der Waals surface area contributed by atoms with Crippen molar-refractivity contribution in [2.45, 2.75) is 32.3 Å². The molecular formula is C22H24N4O3. The van der Waals surface area contributed by atoms with Crippen LogP contribution < -0.4 is 10.1 Å². The quantitative estimate of drug-likeness (QED) is 0.698. The number of aromatic nitrogens is 2. The van der Waals surface area contributed by atoms with E-state index in [1.807, 2.05) is 35.4 Å². The van der Waals surface area contributed by atoms with Crippen LogP contribution in [0.5, 0.6) is 5.88 Å². The molecule has 29 heavy (non-hydrogen) atoms. The Bertz CT molecular complexity index is 1000. The summed E-state index contributed by atoms with van der Waals surface area (Å²) in [6, 6.07) is 11.5. The van der Waals surface area contributed by atoms with Crippen molar-refractivity contribution in [3.8, 4) is 5.88 Å². The second-order valence-corrected chi connectivity index (χ2v) is 7.30. The Hall–Kier alpha value is -3.35. The molecule has 0 radical (unpaired) electrons. The van der Waals surface area contributed by atoms with Gasteiger partial charge in [0.15, 0.2) is 0 Å². The second-order valence-electron chi connectivity index (χ2n) is 7.30. The number of fused-ring (bicyclic) bond motifs is 1. The van der Waals surface area contributed by atoms with Gasteiger partial charge in [0, 0.05) is 56.0 Å². The number of hydrogen-bond acceptors (Lipinski definition) is 4. The fourth-order valence-corrected chi connectivity index (χ4v) is 3.67. The lowest BCUT2D eigenvalue weighted by atomic mass is 10.1. The van der Waals surface area contributed by atoms with Gasteiger partial charge in [-0.1, -0.05) is 18.2 Å². The van der Waals surface area contributed by atoms with Crippen molar-refractivity contribution < 1.29 is 14.3 Å². The number of hydrogen-bond donors (Lipinski definition) is 2. The number of pyridine rings is 1. The number of likely N-dealkylation sites (tertiary alicyclic amines) is 1. The minimum Gasteiger partial charge on any atom is -0.474 e. The van der Waals surface area contributed by atoms with Crippen molar-refractivity contribution in [3.05, 3.63) is 54.4 Å². The lowest BCUT2D eigenvalue weighted by Crippen LogP contribution is -2.42. The molecule has 0 unspecified atom stereocenters. The Morgan fingerprint density at radius 1 is 1.21 bits per heavy atom. The highest BCUT2D eigenvalue weighted by molar-refractivity contribution is 5.89. The number of H-pyrrole nitrogens is 1. The summed E-state index contributed by atoms with van der Waals surface area (Å²) < 4.78 is 5.94. The zero-order valence-electron chi connectivity index (χ0n) is 16.4. The normalized spacial score (nSPS) is 14.7. The van der Waals surface area contributed by atoms with Gasteiger partial charge in [0.1, 0.15) is 6.10 Å². The fraction of sp³-hybridized carbons (Fsp3) is 0.318. The molecule has 1 aliphatic heterocycles. The van der Waals surface area contributed by atoms with Crippen LogP contribution in [0, 0.1) is 0 Å². The summed E-state index contributed by atoms with van der Waals surface area (Å²) in [5.74, 6) is 0.541. The lowest BCUT2D eigenvalue weighted by molar-refractivity contribution is -0.132. The third-order valence-corrected chi connectivity index (χ3v) is 5.16. The molecule has 7 nitrogen and oxygen atoms in total. The first-order valence-corrected chi connectivity index (χ1v) is 9.81. The Morgan fingerprint density at radius 3 is 2.72 bits per heavy atom. The van der Waals surface area contributed by atoms with Crippen molar-refractivity contribution in [3.63, 3.8) is 0 Å². The number of aromatic amines is 1. The topological polar surface area (TPSA) is 87.3 Å². The zero-order chi connectivity index (χ0) is 20.2. The number of carbonyl (C=O) groups excluding carboxylic acids is 2. The Balaban J connectivity index is 1.28. The number of ether oxygens (including phenoxy) is 1. The molecule has 150 valence electrons. The molecule has 1 fully saturated rings. The summed E-state index contributed by atoms with van der Waals surface area (Å²) >= 11 is 0. The molecule has 2 aromatic heterocycles. The maximum atomic E-state index is 12.7. The summed E-state index contributed by atoms with van der Waals surface area (Å²) in [5.41, 5.74) is 2.73. The van der Waals surface area contributed by atoms with Crippen LogP contribution >= 0.6 is 0 Å². The molecule has 1 aliphatic rings. The van der Waals surface area contributed by atoms with E-state index in [0.29, 0.717) is 31.1 Å². The van der Waals surface area contributed by atoms with Crippen LogP contribution in [0.3, 0.4) is 0 Å². The largest absolute Gasteiger partial charge is 0.474 e. The molecule has 0 atom stereocenters. The summed E-state index contributed by atoms with van der Waals surface area (Å²) in [4.78, 5) is 33.2. The number of anilines is 1. The zero-order valence-corrected chi connectivity index (χ0v) is 16.4. The number of rotatable bonds is 5. The molecule has 3 heterocycles. The van der Waals surface area contributed by atoms with Crippen molar-refractivity contribution in [1.82, 2.24) is 14.9 Å². The average Bonchev–Trinajstić information content (AvgIpc) is 3.12. The first-order chi connectivity index (χ1) is 14.1. The van der Waals surface area contributed by atoms with Gasteiger partial charge in [-0.2, -0.15) is 0 Å². The summed E-state index contributed by atoms with van der Waals surface area (Å²) in [6.45, 7) is 2.81. The van der Waals surface area contributed by atoms with Crippen LogP contribution in [0.25, 0.3) is 10.9 Å². The summed E-state index contributed by atoms with van der Waals surface area (Å²) in [5, 5.41) is 3.78. The van der Waals surface area contributed by atoms with Gasteiger partial charge >= 0.3 is 0 Å². The van der Waals surface area contributed by atoms with E-state index in [9.17, 15) is 9.59 Å². The van der Waals surface area contributed by atoms with Gasteiger partial charge in [-0.3, -0.25) is 9.59 Å². The average molecular weight is 392 g/mol. The number of nitrogens with one attached hydrogen (secondary N) is 2. The van der Waals surface area contributed by atoms with E-state index in [1.165, 1.54) is 6.92 Å². The summed E-state index contributed by atoms with van der Waals surface area (Å²) in [6.07, 6.45) is 5.49. The van der Waals surface area contributed by atoms with E-state index in [2.05, 4.69) is 15.3 Å². The van der Waals surface area contributed by atoms with E-state index in [1.54, 1.807) is 18.3 Å². The molecule has 0 saturated carbocycles. The Kier molecular flexibility index (Phi) is 5.46. The van der Waals surface area contributed by atoms with Crippen LogP contribution in [0.2, 0.25) is 0 Å². The van der Waals surface area contributed by atoms with Gasteiger partial charge in [0.05, 0.1) is 18.3 Å². The number of nitrogens with zero attached hydrogens (tertiary/aromatic N) is 2. The lowest BCUT2D eigenvalue weighted by Gasteiger charge is -2.32. The molecule has 0 spiro atoms. The van der Waals surface area contributed by atoms with Gasteiger partial charge in [0.25, 0.3) is 0 Å². The van der Waals surface area contributed by atoms with Gasteiger partial charge in [-0.15, -0.1) is 0 Å². The smallest absolute Gasteiger partial charge is 0.227 e. The van der Waals surface area contributed by atoms with Crippen molar-refractivity contribution in [1.29, 1.82) is 0 Å². The van der Waals surface area contributed by atoms with Crippen LogP contribution in [-0.4, -0.2) is 45.9 Å². The maximum absolute atomic E-state index is 12.7. The second kappa shape index (κ2) is 8.34. The highest BCUT2D eigenvalue weighted by Gasteiger charge is 2.24. The number of para-hydroxylation sites is 1. The first kappa shape index (κ1) is 19.0. The van der Waals surface area contributed by atoms with Crippen LogP contribution in [-0.2, 0) is 16.0 Å². The van der Waals surface area contributed by atoms with E-state index in [4.69, 9.17) is 4.74 Å². The highest BCUT2D eigenvalue weighted by Crippen LogP contribution is 2.22. The molecule has 1 aromatic carbocycles. The van der Waals surface area contributed by atoms with Gasteiger partial charge in [0.2, 0.25) is 17.7 Å². The molecule has 7 heteroatoms. The molecule has 3 aromatic rings. The van der Waals surface area contributed by atoms with Gasteiger partial charge < -0.3 is 19.9 Å². The number of carbonyl (C=O) groups is 2. The Labute approximate surface area is 169 Å². The van der Waals surface area contributed by atoms with E-state index >= 15 is 0 Å². The van der Waals surface area contributed by atoms with Crippen molar-refractivity contribution in [2.24, 2.45) is 0 Å². The number of amides is 2. The minimum absolute atomic E-state index is 0.0336. The predicted octanol–water partition coefficient (Wildman–Crippen LogP) is 3.13. The highest BCUT2D eigenvalue weighted by atomic mass is 16.5. The van der Waals surface area contributed by atoms with Gasteiger partial charge in [-0.25, -0.2) is 4.98 Å². The molecular weight excluding hydrogens is 368 g/mol. The first-order valence-electron chi connectivity index (χ1n) is 9.81. The molecule has 2 N–H and O–H groups in total. The van der Waals surface area contributed by atoms with Crippen LogP contribution in [0.4, 0.5) is 5.69 Å². The van der Waals surface area contributed by atoms with Crippen LogP contribution in [0.1, 0.15) is 25.3 Å². The van der Waals surface area contributed by atoms with Gasteiger partial charge in [-0.05, 0) is 17.7 Å². The molecule has 0 aliphatic carbocycles. The molecule has 1 saturated heterocycles. The van der Waals surface area contributed by atoms with E-state index in [-0.39, 0.29) is 17.9 Å². The molecule has 0 bridgehead atoms. The van der Waals surface area contributed by atoms with E-state index < -0.39 is 0 Å². The monoisotopic (exact) mass is 392 g/mol. The van der Waals surface area contributed by atoms with Crippen molar-refractivity contribution in [2.75, 3.05) is 18.4 Å². The number of piperidine rings is 1. The standard InChI is InChI=1S/C22H24N4O3/c1-15(27)25-17-6-7-21(24-14-17)29-18-8-10-26(11-9-18)22(28)12-16-13-23-20-5-3-2-4-19(16)20/h2-7,13-14,18,23H,8-12H2,1H3,(H,25,27). The summed E-state index contributed by atoms with van der Waals surface area (Å²) in [7, 11) is 0. The fourth-order valence-electron chi connectivity index (χ4n) is 3.67. The third kappa shape index (κ3) is 4.56. The SMILES string of the molecule is CC(=O)Nc1ccc(OC2CCN(C(=O)Cc3c[nH]c4ccccc34)CC2)nc1.